The Morgan fingerprint density at radius 1 is 1.30 bits per heavy atom. The van der Waals surface area contributed by atoms with Gasteiger partial charge >= 0.3 is 5.97 Å². The summed E-state index contributed by atoms with van der Waals surface area (Å²) in [6.45, 7) is 2.73. The van der Waals surface area contributed by atoms with Crippen LogP contribution < -0.4 is 9.62 Å². The first-order valence-electron chi connectivity index (χ1n) is 10.2. The second-order valence-electron chi connectivity index (χ2n) is 7.63. The first kappa shape index (κ1) is 24.1. The van der Waals surface area contributed by atoms with Crippen molar-refractivity contribution in [2.75, 3.05) is 24.6 Å². The van der Waals surface area contributed by atoms with Crippen LogP contribution in [-0.2, 0) is 32.0 Å². The number of nitriles is 1. The minimum absolute atomic E-state index is 0.0288. The van der Waals surface area contributed by atoms with Crippen LogP contribution in [0.3, 0.4) is 0 Å². The molecule has 9 nitrogen and oxygen atoms in total. The SMILES string of the molecule is CCOC(=O)c1cc(C#N)c(N2CC(C(=O)NS(=O)(=O)Cc3ccc(C)cc3)C2)nc1CF. The van der Waals surface area contributed by atoms with Gasteiger partial charge in [0.25, 0.3) is 0 Å². The summed E-state index contributed by atoms with van der Waals surface area (Å²) in [5.74, 6) is -2.29. The molecule has 2 aromatic rings. The van der Waals surface area contributed by atoms with E-state index in [-0.39, 0.29) is 48.1 Å². The number of pyridine rings is 1. The number of esters is 1. The molecule has 1 aliphatic rings. The van der Waals surface area contributed by atoms with Gasteiger partial charge in [-0.15, -0.1) is 0 Å². The van der Waals surface area contributed by atoms with E-state index in [0.29, 0.717) is 5.56 Å². The van der Waals surface area contributed by atoms with Gasteiger partial charge in [-0.25, -0.2) is 22.6 Å². The third-order valence-corrected chi connectivity index (χ3v) is 6.33. The van der Waals surface area contributed by atoms with E-state index >= 15 is 0 Å². The maximum atomic E-state index is 13.5. The number of carbonyl (C=O) groups is 2. The van der Waals surface area contributed by atoms with E-state index in [1.54, 1.807) is 36.1 Å². The lowest BCUT2D eigenvalue weighted by Crippen LogP contribution is -2.55. The molecule has 1 fully saturated rings. The van der Waals surface area contributed by atoms with Crippen molar-refractivity contribution < 1.29 is 27.1 Å². The van der Waals surface area contributed by atoms with Gasteiger partial charge in [0.2, 0.25) is 15.9 Å². The Morgan fingerprint density at radius 3 is 2.55 bits per heavy atom. The van der Waals surface area contributed by atoms with Gasteiger partial charge in [0, 0.05) is 13.1 Å². The lowest BCUT2D eigenvalue weighted by atomic mass is 9.98. The molecule has 33 heavy (non-hydrogen) atoms. The summed E-state index contributed by atoms with van der Waals surface area (Å²) in [6.07, 6.45) is 0. The highest BCUT2D eigenvalue weighted by Gasteiger charge is 2.37. The average molecular weight is 475 g/mol. The molecule has 0 atom stereocenters. The van der Waals surface area contributed by atoms with Gasteiger partial charge in [-0.05, 0) is 25.5 Å². The molecule has 1 aromatic heterocycles. The second kappa shape index (κ2) is 9.95. The molecule has 0 unspecified atom stereocenters. The fourth-order valence-electron chi connectivity index (χ4n) is 3.35. The summed E-state index contributed by atoms with van der Waals surface area (Å²) in [6, 6.07) is 10.1. The van der Waals surface area contributed by atoms with Crippen LogP contribution in [0.25, 0.3) is 0 Å². The summed E-state index contributed by atoms with van der Waals surface area (Å²) in [4.78, 5) is 30.1. The molecule has 2 heterocycles. The number of sulfonamides is 1. The standard InChI is InChI=1S/C22H23FN4O5S/c1-3-32-22(29)18-8-16(10-24)20(25-19(18)9-23)27-11-17(12-27)21(28)26-33(30,31)13-15-6-4-14(2)5-7-15/h4-8,17H,3,9,11-13H2,1-2H3,(H,26,28). The molecule has 0 spiro atoms. The Balaban J connectivity index is 1.67. The zero-order chi connectivity index (χ0) is 24.2. The van der Waals surface area contributed by atoms with Crippen LogP contribution in [0.1, 0.15) is 39.7 Å². The predicted molar refractivity (Wildman–Crippen MR) is 117 cm³/mol. The summed E-state index contributed by atoms with van der Waals surface area (Å²) >= 11 is 0. The lowest BCUT2D eigenvalue weighted by Gasteiger charge is -2.39. The number of alkyl halides is 1. The molecule has 174 valence electrons. The van der Waals surface area contributed by atoms with Crippen molar-refractivity contribution in [3.05, 3.63) is 58.3 Å². The number of aromatic nitrogens is 1. The molecule has 3 rings (SSSR count). The van der Waals surface area contributed by atoms with Gasteiger partial charge in [0.05, 0.1) is 35.1 Å². The fraction of sp³-hybridized carbons (Fsp3) is 0.364. The number of ether oxygens (including phenoxy) is 1. The highest BCUT2D eigenvalue weighted by molar-refractivity contribution is 7.89. The molecule has 1 aromatic carbocycles. The number of anilines is 1. The van der Waals surface area contributed by atoms with Gasteiger partial charge < -0.3 is 9.64 Å². The zero-order valence-corrected chi connectivity index (χ0v) is 19.0. The number of nitrogens with zero attached hydrogens (tertiary/aromatic N) is 3. The molecule has 0 saturated carbocycles. The third-order valence-electron chi connectivity index (χ3n) is 5.11. The van der Waals surface area contributed by atoms with Gasteiger partial charge in [0.1, 0.15) is 18.6 Å². The molecule has 0 bridgehead atoms. The Morgan fingerprint density at radius 2 is 1.97 bits per heavy atom. The number of hydrogen-bond donors (Lipinski definition) is 1. The van der Waals surface area contributed by atoms with E-state index in [0.717, 1.165) is 5.56 Å². The highest BCUT2D eigenvalue weighted by Crippen LogP contribution is 2.29. The number of carbonyl (C=O) groups excluding carboxylic acids is 2. The smallest absolute Gasteiger partial charge is 0.340 e. The third kappa shape index (κ3) is 5.64. The average Bonchev–Trinajstić information content (AvgIpc) is 2.73. The molecule has 1 saturated heterocycles. The number of aryl methyl sites for hydroxylation is 1. The molecular formula is C22H23FN4O5S. The van der Waals surface area contributed by atoms with E-state index in [9.17, 15) is 27.7 Å². The summed E-state index contributed by atoms with van der Waals surface area (Å²) in [5, 5.41) is 9.45. The van der Waals surface area contributed by atoms with Crippen LogP contribution in [0.5, 0.6) is 0 Å². The van der Waals surface area contributed by atoms with E-state index in [2.05, 4.69) is 9.71 Å². The van der Waals surface area contributed by atoms with Gasteiger partial charge in [-0.3, -0.25) is 9.52 Å². The zero-order valence-electron chi connectivity index (χ0n) is 18.2. The Hall–Kier alpha value is -3.52. The number of hydrogen-bond acceptors (Lipinski definition) is 8. The van der Waals surface area contributed by atoms with Crippen LogP contribution in [0.15, 0.2) is 30.3 Å². The van der Waals surface area contributed by atoms with Crippen molar-refractivity contribution in [3.63, 3.8) is 0 Å². The molecule has 11 heteroatoms. The van der Waals surface area contributed by atoms with Crippen LogP contribution in [0, 0.1) is 24.2 Å². The van der Waals surface area contributed by atoms with Gasteiger partial charge in [-0.2, -0.15) is 5.26 Å². The van der Waals surface area contributed by atoms with Crippen molar-refractivity contribution in [2.45, 2.75) is 26.3 Å². The van der Waals surface area contributed by atoms with Crippen LogP contribution >= 0.6 is 0 Å². The number of halogens is 1. The number of amides is 1. The molecule has 1 amide bonds. The van der Waals surface area contributed by atoms with E-state index in [1.165, 1.54) is 6.07 Å². The molecule has 1 N–H and O–H groups in total. The maximum absolute atomic E-state index is 13.5. The van der Waals surface area contributed by atoms with Crippen molar-refractivity contribution in [3.8, 4) is 6.07 Å². The van der Waals surface area contributed by atoms with E-state index in [1.807, 2.05) is 13.0 Å². The second-order valence-corrected chi connectivity index (χ2v) is 9.35. The highest BCUT2D eigenvalue weighted by atomic mass is 32.2. The topological polar surface area (TPSA) is 129 Å². The van der Waals surface area contributed by atoms with Gasteiger partial charge in [0.15, 0.2) is 0 Å². The lowest BCUT2D eigenvalue weighted by molar-refractivity contribution is -0.123. The molecule has 0 radical (unpaired) electrons. The van der Waals surface area contributed by atoms with E-state index < -0.39 is 34.5 Å². The summed E-state index contributed by atoms with van der Waals surface area (Å²) < 4.78 is 45.1. The van der Waals surface area contributed by atoms with Crippen LogP contribution in [-0.4, -0.2) is 45.0 Å². The normalized spacial score (nSPS) is 13.7. The predicted octanol–water partition coefficient (Wildman–Crippen LogP) is 1.99. The maximum Gasteiger partial charge on any atom is 0.340 e. The Labute approximate surface area is 191 Å². The number of nitrogens with one attached hydrogen (secondary N) is 1. The van der Waals surface area contributed by atoms with Gasteiger partial charge in [-0.1, -0.05) is 29.8 Å². The van der Waals surface area contributed by atoms with Crippen molar-refractivity contribution in [1.29, 1.82) is 5.26 Å². The monoisotopic (exact) mass is 474 g/mol. The van der Waals surface area contributed by atoms with Crippen LogP contribution in [0.4, 0.5) is 10.2 Å². The fourth-order valence-corrected chi connectivity index (χ4v) is 4.52. The largest absolute Gasteiger partial charge is 0.462 e. The van der Waals surface area contributed by atoms with Crippen molar-refractivity contribution in [2.24, 2.45) is 5.92 Å². The molecule has 0 aliphatic carbocycles. The van der Waals surface area contributed by atoms with E-state index in [4.69, 9.17) is 4.74 Å². The Bertz CT molecular complexity index is 1200. The summed E-state index contributed by atoms with van der Waals surface area (Å²) in [7, 11) is -3.88. The van der Waals surface area contributed by atoms with Crippen LogP contribution in [0.2, 0.25) is 0 Å². The number of rotatable bonds is 8. The van der Waals surface area contributed by atoms with Crippen molar-refractivity contribution >= 4 is 27.7 Å². The first-order chi connectivity index (χ1) is 15.7. The summed E-state index contributed by atoms with van der Waals surface area (Å²) in [5.41, 5.74) is 1.28. The number of benzene rings is 1. The quantitative estimate of drug-likeness (QED) is 0.575. The first-order valence-corrected chi connectivity index (χ1v) is 11.8. The minimum atomic E-state index is -3.88. The minimum Gasteiger partial charge on any atom is -0.462 e. The molecular weight excluding hydrogens is 451 g/mol. The van der Waals surface area contributed by atoms with Crippen molar-refractivity contribution in [1.82, 2.24) is 9.71 Å². The Kier molecular flexibility index (Phi) is 7.28. The molecule has 1 aliphatic heterocycles.